The largest absolute Gasteiger partial charge is 0.312 e. The lowest BCUT2D eigenvalue weighted by Crippen LogP contribution is -2.40. The molecule has 0 aromatic carbocycles. The Morgan fingerprint density at radius 2 is 1.25 bits per heavy atom. The molecule has 4 heteroatoms. The summed E-state index contributed by atoms with van der Waals surface area (Å²) in [5.41, 5.74) is 0. The van der Waals surface area contributed by atoms with Gasteiger partial charge in [0.2, 0.25) is 0 Å². The van der Waals surface area contributed by atoms with Gasteiger partial charge >= 0.3 is 0 Å². The molecule has 0 aliphatic rings. The number of nitrogens with zero attached hydrogens (tertiary/aromatic N) is 2. The molecule has 0 fully saturated rings. The number of rotatable bonds is 2. The first-order valence-electron chi connectivity index (χ1n) is 2.52. The minimum absolute atomic E-state index is 0.712. The van der Waals surface area contributed by atoms with Crippen LogP contribution in [-0.4, -0.2) is 43.9 Å². The van der Waals surface area contributed by atoms with Crippen LogP contribution in [0.1, 0.15) is 0 Å². The Morgan fingerprint density at radius 1 is 1.00 bits per heavy atom. The quantitative estimate of drug-likeness (QED) is 0.390. The molecule has 0 saturated carbocycles. The first kappa shape index (κ1) is 8.87. The molecule has 2 nitrogen and oxygen atoms in total. The lowest BCUT2D eigenvalue weighted by atomic mass is 11.3. The third-order valence-corrected chi connectivity index (χ3v) is 9.24. The Hall–Kier alpha value is 0.867. The highest BCUT2D eigenvalue weighted by atomic mass is 127. The maximum atomic E-state index is 2.51. The molecule has 0 aromatic rings. The van der Waals surface area contributed by atoms with Gasteiger partial charge in [0.05, 0.1) is 0 Å². The zero-order valence-corrected chi connectivity index (χ0v) is 9.16. The van der Waals surface area contributed by atoms with Gasteiger partial charge in [-0.1, -0.05) is 21.8 Å². The second-order valence-corrected chi connectivity index (χ2v) is 8.27. The van der Waals surface area contributed by atoms with Crippen molar-refractivity contribution < 1.29 is 0 Å². The molecule has 0 amide bonds. The lowest BCUT2D eigenvalue weighted by Gasteiger charge is -2.22. The van der Waals surface area contributed by atoms with Gasteiger partial charge in [-0.15, -0.1) is 0 Å². The van der Waals surface area contributed by atoms with Crippen LogP contribution in [0.3, 0.4) is 0 Å². The topological polar surface area (TPSA) is 6.48 Å². The van der Waals surface area contributed by atoms with E-state index < -0.39 is 6.62 Å². The molecule has 8 heavy (non-hydrogen) atoms. The molecule has 0 radical (unpaired) electrons. The Labute approximate surface area is 65.8 Å². The van der Waals surface area contributed by atoms with Crippen molar-refractivity contribution in [3.63, 3.8) is 0 Å². The Kier molecular flexibility index (Phi) is 4.22. The van der Waals surface area contributed by atoms with Crippen LogP contribution in [-0.2, 0) is 0 Å². The van der Waals surface area contributed by atoms with Crippen LogP contribution >= 0.6 is 21.8 Å². The molecule has 0 unspecified atom stereocenters. The molecule has 0 saturated heterocycles. The van der Waals surface area contributed by atoms with Crippen molar-refractivity contribution in [1.29, 1.82) is 0 Å². The van der Waals surface area contributed by atoms with Crippen molar-refractivity contribution >= 4 is 28.4 Å². The Morgan fingerprint density at radius 3 is 1.25 bits per heavy atom. The standard InChI is InChI=1S/C4H13IN2Si/c1-6(2)8(5)7(3)4/h8H,1-4H3. The highest BCUT2D eigenvalue weighted by Gasteiger charge is 2.10. The highest BCUT2D eigenvalue weighted by Crippen LogP contribution is 1.98. The van der Waals surface area contributed by atoms with Gasteiger partial charge in [0.25, 0.3) is 6.62 Å². The summed E-state index contributed by atoms with van der Waals surface area (Å²) < 4.78 is 4.58. The Bertz CT molecular complexity index is 59.1. The van der Waals surface area contributed by atoms with Crippen LogP contribution < -0.4 is 0 Å². The zero-order valence-electron chi connectivity index (χ0n) is 5.85. The molecule has 0 aromatic heterocycles. The van der Waals surface area contributed by atoms with Crippen LogP contribution in [0.5, 0.6) is 0 Å². The fraction of sp³-hybridized carbons (Fsp3) is 1.00. The van der Waals surface area contributed by atoms with E-state index in [4.69, 9.17) is 0 Å². The fourth-order valence-electron chi connectivity index (χ4n) is 0.462. The molecule has 0 aliphatic carbocycles. The average Bonchev–Trinajstić information content (AvgIpc) is 1.64. The van der Waals surface area contributed by atoms with Gasteiger partial charge < -0.3 is 9.13 Å². The number of hydrogen-bond acceptors (Lipinski definition) is 2. The molecule has 0 N–H and O–H groups in total. The van der Waals surface area contributed by atoms with Crippen LogP contribution in [0.4, 0.5) is 0 Å². The van der Waals surface area contributed by atoms with E-state index in [1.165, 1.54) is 0 Å². The van der Waals surface area contributed by atoms with Crippen molar-refractivity contribution in [2.24, 2.45) is 0 Å². The predicted molar refractivity (Wildman–Crippen MR) is 48.5 cm³/mol. The third-order valence-electron chi connectivity index (χ3n) is 0.852. The maximum Gasteiger partial charge on any atom is 0.258 e. The molecule has 0 aliphatic heterocycles. The van der Waals surface area contributed by atoms with Crippen molar-refractivity contribution in [3.8, 4) is 0 Å². The summed E-state index contributed by atoms with van der Waals surface area (Å²) >= 11 is 2.51. The number of halogens is 1. The van der Waals surface area contributed by atoms with Crippen molar-refractivity contribution in [2.75, 3.05) is 28.2 Å². The van der Waals surface area contributed by atoms with Crippen LogP contribution in [0.15, 0.2) is 0 Å². The molecule has 50 valence electrons. The highest BCUT2D eigenvalue weighted by molar-refractivity contribution is 14.1. The van der Waals surface area contributed by atoms with Gasteiger partial charge in [-0.05, 0) is 28.2 Å². The first-order valence-corrected chi connectivity index (χ1v) is 7.73. The Balaban J connectivity index is 3.46. The van der Waals surface area contributed by atoms with Crippen LogP contribution in [0.25, 0.3) is 0 Å². The van der Waals surface area contributed by atoms with E-state index in [2.05, 4.69) is 59.1 Å². The minimum atomic E-state index is -0.712. The van der Waals surface area contributed by atoms with E-state index in [0.717, 1.165) is 0 Å². The van der Waals surface area contributed by atoms with Gasteiger partial charge in [0.1, 0.15) is 0 Å². The van der Waals surface area contributed by atoms with Gasteiger partial charge in [0.15, 0.2) is 0 Å². The summed E-state index contributed by atoms with van der Waals surface area (Å²) in [6.07, 6.45) is 0. The van der Waals surface area contributed by atoms with E-state index in [9.17, 15) is 0 Å². The number of hydrogen-bond donors (Lipinski definition) is 0. The monoisotopic (exact) mass is 244 g/mol. The molecule has 0 bridgehead atoms. The molecular formula is C4H13IN2Si. The second-order valence-electron chi connectivity index (χ2n) is 2.24. The molecule has 0 rings (SSSR count). The molecule has 0 heterocycles. The van der Waals surface area contributed by atoms with Crippen molar-refractivity contribution in [3.05, 3.63) is 0 Å². The van der Waals surface area contributed by atoms with Gasteiger partial charge in [-0.3, -0.25) is 0 Å². The zero-order chi connectivity index (χ0) is 6.73. The SMILES string of the molecule is CN(C)[SiH](I)N(C)C. The van der Waals surface area contributed by atoms with Crippen molar-refractivity contribution in [1.82, 2.24) is 9.13 Å². The summed E-state index contributed by atoms with van der Waals surface area (Å²) in [4.78, 5) is 0. The van der Waals surface area contributed by atoms with E-state index in [1.807, 2.05) is 0 Å². The normalized spacial score (nSPS) is 12.0. The van der Waals surface area contributed by atoms with E-state index in [1.54, 1.807) is 0 Å². The van der Waals surface area contributed by atoms with E-state index in [-0.39, 0.29) is 0 Å². The summed E-state index contributed by atoms with van der Waals surface area (Å²) in [6, 6.07) is 0. The van der Waals surface area contributed by atoms with Gasteiger partial charge in [-0.2, -0.15) is 0 Å². The second kappa shape index (κ2) is 3.81. The summed E-state index contributed by atoms with van der Waals surface area (Å²) in [5.74, 6) is 0. The smallest absolute Gasteiger partial charge is 0.258 e. The van der Waals surface area contributed by atoms with Gasteiger partial charge in [0, 0.05) is 0 Å². The summed E-state index contributed by atoms with van der Waals surface area (Å²) in [5, 5.41) is 0. The summed E-state index contributed by atoms with van der Waals surface area (Å²) in [6.45, 7) is -0.712. The average molecular weight is 244 g/mol. The van der Waals surface area contributed by atoms with Crippen LogP contribution in [0.2, 0.25) is 0 Å². The third kappa shape index (κ3) is 3.01. The lowest BCUT2D eigenvalue weighted by molar-refractivity contribution is 0.545. The molecule has 0 atom stereocenters. The van der Waals surface area contributed by atoms with E-state index >= 15 is 0 Å². The first-order chi connectivity index (χ1) is 3.55. The van der Waals surface area contributed by atoms with Crippen molar-refractivity contribution in [2.45, 2.75) is 0 Å². The minimum Gasteiger partial charge on any atom is -0.312 e. The van der Waals surface area contributed by atoms with Crippen LogP contribution in [0, 0.1) is 0 Å². The predicted octanol–water partition coefficient (Wildman–Crippen LogP) is 0.262. The van der Waals surface area contributed by atoms with Gasteiger partial charge in [-0.25, -0.2) is 0 Å². The maximum absolute atomic E-state index is 2.51. The van der Waals surface area contributed by atoms with E-state index in [0.29, 0.717) is 0 Å². The molecular weight excluding hydrogens is 231 g/mol. The molecule has 0 spiro atoms. The fourth-order valence-corrected chi connectivity index (χ4v) is 1.39. The summed E-state index contributed by atoms with van der Waals surface area (Å²) in [7, 11) is 8.51.